The molecule has 2 aromatic heterocycles. The van der Waals surface area contributed by atoms with E-state index in [1.807, 2.05) is 13.0 Å². The number of carbonyl (C=O) groups excluding carboxylic acids is 1. The molecule has 0 saturated heterocycles. The molecule has 0 fully saturated rings. The molecule has 0 aliphatic rings. The van der Waals surface area contributed by atoms with Gasteiger partial charge in [-0.15, -0.1) is 0 Å². The van der Waals surface area contributed by atoms with Gasteiger partial charge in [0.2, 0.25) is 0 Å². The first-order valence-corrected chi connectivity index (χ1v) is 8.47. The van der Waals surface area contributed by atoms with Crippen LogP contribution in [0.5, 0.6) is 0 Å². The topological polar surface area (TPSA) is 60.7 Å². The molecule has 0 saturated carbocycles. The van der Waals surface area contributed by atoms with Crippen LogP contribution >= 0.6 is 23.2 Å². The van der Waals surface area contributed by atoms with Crippen molar-refractivity contribution in [1.82, 2.24) is 9.38 Å². The van der Waals surface area contributed by atoms with Crippen LogP contribution in [0.2, 0.25) is 10.0 Å². The van der Waals surface area contributed by atoms with Gasteiger partial charge in [-0.2, -0.15) is 0 Å². The van der Waals surface area contributed by atoms with E-state index in [9.17, 15) is 9.59 Å². The number of aromatic nitrogens is 2. The van der Waals surface area contributed by atoms with Crippen LogP contribution in [0.25, 0.3) is 11.7 Å². The number of aryl methyl sites for hydroxylation is 1. The molecule has 0 N–H and O–H groups in total. The van der Waals surface area contributed by atoms with Crippen LogP contribution in [0.3, 0.4) is 0 Å². The molecule has 5 nitrogen and oxygen atoms in total. The fourth-order valence-corrected chi connectivity index (χ4v) is 2.69. The van der Waals surface area contributed by atoms with Crippen molar-refractivity contribution in [2.45, 2.75) is 13.5 Å². The Morgan fingerprint density at radius 1 is 1.23 bits per heavy atom. The highest BCUT2D eigenvalue weighted by atomic mass is 35.5. The Bertz CT molecular complexity index is 1070. The van der Waals surface area contributed by atoms with Gasteiger partial charge in [-0.05, 0) is 48.4 Å². The van der Waals surface area contributed by atoms with E-state index in [-0.39, 0.29) is 12.2 Å². The van der Waals surface area contributed by atoms with E-state index in [1.165, 1.54) is 22.6 Å². The van der Waals surface area contributed by atoms with E-state index >= 15 is 0 Å². The summed E-state index contributed by atoms with van der Waals surface area (Å²) in [5, 5.41) is 0.983. The van der Waals surface area contributed by atoms with Crippen molar-refractivity contribution in [3.8, 4) is 0 Å². The minimum absolute atomic E-state index is 0.105. The van der Waals surface area contributed by atoms with Gasteiger partial charge in [0.25, 0.3) is 5.56 Å². The predicted molar refractivity (Wildman–Crippen MR) is 101 cm³/mol. The summed E-state index contributed by atoms with van der Waals surface area (Å²) in [5.41, 5.74) is 2.20. The zero-order chi connectivity index (χ0) is 18.7. The maximum absolute atomic E-state index is 12.1. The van der Waals surface area contributed by atoms with Crippen molar-refractivity contribution >= 4 is 40.9 Å². The van der Waals surface area contributed by atoms with Gasteiger partial charge in [0.05, 0.1) is 5.69 Å². The van der Waals surface area contributed by atoms with Gasteiger partial charge in [0.1, 0.15) is 12.3 Å². The molecule has 0 aliphatic heterocycles. The summed E-state index contributed by atoms with van der Waals surface area (Å²) >= 11 is 11.9. The summed E-state index contributed by atoms with van der Waals surface area (Å²) in [6.45, 7) is 1.78. The third kappa shape index (κ3) is 4.31. The molecule has 0 atom stereocenters. The van der Waals surface area contributed by atoms with Gasteiger partial charge in [-0.1, -0.05) is 29.3 Å². The van der Waals surface area contributed by atoms with E-state index in [1.54, 1.807) is 30.5 Å². The first kappa shape index (κ1) is 18.2. The average molecular weight is 389 g/mol. The summed E-state index contributed by atoms with van der Waals surface area (Å²) in [6.07, 6.45) is 4.47. The Balaban J connectivity index is 1.70. The van der Waals surface area contributed by atoms with Crippen molar-refractivity contribution in [3.05, 3.63) is 85.9 Å². The summed E-state index contributed by atoms with van der Waals surface area (Å²) in [5.74, 6) is -0.577. The molecule has 0 aliphatic carbocycles. The molecule has 26 heavy (non-hydrogen) atoms. The van der Waals surface area contributed by atoms with Crippen LogP contribution in [-0.4, -0.2) is 15.4 Å². The van der Waals surface area contributed by atoms with Crippen LogP contribution in [0.1, 0.15) is 16.8 Å². The molecule has 3 aromatic rings. The maximum Gasteiger partial charge on any atom is 0.331 e. The number of esters is 1. The van der Waals surface area contributed by atoms with E-state index < -0.39 is 5.97 Å². The number of nitrogens with zero attached hydrogens (tertiary/aromatic N) is 2. The molecule has 2 heterocycles. The fraction of sp³-hybridized carbons (Fsp3) is 0.105. The Labute approximate surface area is 159 Å². The minimum Gasteiger partial charge on any atom is -0.456 e. The van der Waals surface area contributed by atoms with Crippen LogP contribution in [0, 0.1) is 6.92 Å². The van der Waals surface area contributed by atoms with Gasteiger partial charge in [0, 0.05) is 28.4 Å². The molecule has 0 unspecified atom stereocenters. The van der Waals surface area contributed by atoms with Crippen molar-refractivity contribution in [1.29, 1.82) is 0 Å². The lowest BCUT2D eigenvalue weighted by atomic mass is 10.2. The van der Waals surface area contributed by atoms with Crippen molar-refractivity contribution in [3.63, 3.8) is 0 Å². The Hall–Kier alpha value is -2.63. The number of benzene rings is 1. The van der Waals surface area contributed by atoms with Crippen molar-refractivity contribution in [2.24, 2.45) is 0 Å². The average Bonchev–Trinajstić information content (AvgIpc) is 2.61. The van der Waals surface area contributed by atoms with E-state index in [4.69, 9.17) is 27.9 Å². The summed E-state index contributed by atoms with van der Waals surface area (Å²) in [7, 11) is 0. The Morgan fingerprint density at radius 3 is 2.85 bits per heavy atom. The molecular formula is C19H14Cl2N2O3. The minimum atomic E-state index is -0.577. The zero-order valence-corrected chi connectivity index (χ0v) is 15.3. The van der Waals surface area contributed by atoms with Crippen LogP contribution < -0.4 is 5.56 Å². The number of fused-ring (bicyclic) bond motifs is 1. The van der Waals surface area contributed by atoms with Crippen LogP contribution in [-0.2, 0) is 16.1 Å². The van der Waals surface area contributed by atoms with Crippen molar-refractivity contribution < 1.29 is 9.53 Å². The Kier molecular flexibility index (Phi) is 5.40. The SMILES string of the molecule is Cc1ccc2nc(COC(=O)/C=C/c3cc(Cl)ccc3Cl)cc(=O)n2c1. The predicted octanol–water partition coefficient (Wildman–Crippen LogP) is 4.07. The third-order valence-corrected chi connectivity index (χ3v) is 4.16. The number of hydrogen-bond acceptors (Lipinski definition) is 4. The number of halogens is 2. The summed E-state index contributed by atoms with van der Waals surface area (Å²) < 4.78 is 6.58. The van der Waals surface area contributed by atoms with E-state index in [0.29, 0.717) is 26.9 Å². The zero-order valence-electron chi connectivity index (χ0n) is 13.8. The third-order valence-electron chi connectivity index (χ3n) is 3.58. The number of hydrogen-bond donors (Lipinski definition) is 0. The number of rotatable bonds is 4. The van der Waals surface area contributed by atoms with Crippen LogP contribution in [0.4, 0.5) is 0 Å². The molecule has 0 spiro atoms. The largest absolute Gasteiger partial charge is 0.456 e. The number of ether oxygens (including phenoxy) is 1. The molecule has 0 bridgehead atoms. The van der Waals surface area contributed by atoms with Crippen LogP contribution in [0.15, 0.2) is 53.5 Å². The molecular weight excluding hydrogens is 375 g/mol. The van der Waals surface area contributed by atoms with Gasteiger partial charge >= 0.3 is 5.97 Å². The molecule has 1 aromatic carbocycles. The second kappa shape index (κ2) is 7.72. The van der Waals surface area contributed by atoms with Gasteiger partial charge in [-0.25, -0.2) is 9.78 Å². The quantitative estimate of drug-likeness (QED) is 0.499. The van der Waals surface area contributed by atoms with Gasteiger partial charge < -0.3 is 4.74 Å². The highest BCUT2D eigenvalue weighted by Gasteiger charge is 2.06. The molecule has 3 rings (SSSR count). The molecule has 132 valence electrons. The maximum atomic E-state index is 12.1. The number of pyridine rings is 1. The summed E-state index contributed by atoms with van der Waals surface area (Å²) in [6, 6.07) is 9.88. The second-order valence-corrected chi connectivity index (χ2v) is 6.47. The highest BCUT2D eigenvalue weighted by Crippen LogP contribution is 2.21. The lowest BCUT2D eigenvalue weighted by Crippen LogP contribution is -2.16. The monoisotopic (exact) mass is 388 g/mol. The summed E-state index contributed by atoms with van der Waals surface area (Å²) in [4.78, 5) is 28.3. The lowest BCUT2D eigenvalue weighted by molar-refractivity contribution is -0.139. The fourth-order valence-electron chi connectivity index (χ4n) is 2.33. The first-order valence-electron chi connectivity index (χ1n) is 7.71. The van der Waals surface area contributed by atoms with Gasteiger partial charge in [0.15, 0.2) is 0 Å². The Morgan fingerprint density at radius 2 is 2.04 bits per heavy atom. The normalized spacial score (nSPS) is 11.2. The van der Waals surface area contributed by atoms with Gasteiger partial charge in [-0.3, -0.25) is 9.20 Å². The molecule has 0 radical (unpaired) electrons. The second-order valence-electron chi connectivity index (χ2n) is 5.63. The standard InChI is InChI=1S/C19H14Cl2N2O3/c1-12-2-6-17-22-15(9-18(24)23(17)10-12)11-26-19(25)7-3-13-8-14(20)4-5-16(13)21/h2-10H,11H2,1H3/b7-3+. The smallest absolute Gasteiger partial charge is 0.331 e. The highest BCUT2D eigenvalue weighted by molar-refractivity contribution is 6.34. The first-order chi connectivity index (χ1) is 12.4. The van der Waals surface area contributed by atoms with E-state index in [2.05, 4.69) is 4.98 Å². The number of carbonyl (C=O) groups is 1. The molecule has 7 heteroatoms. The molecule has 0 amide bonds. The van der Waals surface area contributed by atoms with Crippen molar-refractivity contribution in [2.75, 3.05) is 0 Å². The lowest BCUT2D eigenvalue weighted by Gasteiger charge is -2.05. The van der Waals surface area contributed by atoms with E-state index in [0.717, 1.165) is 5.56 Å².